The summed E-state index contributed by atoms with van der Waals surface area (Å²) in [6.07, 6.45) is 1.50. The van der Waals surface area contributed by atoms with E-state index < -0.39 is 24.0 Å². The molecule has 1 aromatic rings. The van der Waals surface area contributed by atoms with E-state index in [9.17, 15) is 15.0 Å². The van der Waals surface area contributed by atoms with Gasteiger partial charge in [0.05, 0.1) is 18.1 Å². The van der Waals surface area contributed by atoms with Crippen molar-refractivity contribution in [1.82, 2.24) is 0 Å². The number of carboxylic acid groups (broad SMARTS) is 1. The number of aliphatic hydroxyl groups is 1. The smallest absolute Gasteiger partial charge is 0.306 e. The van der Waals surface area contributed by atoms with Gasteiger partial charge in [0.25, 0.3) is 0 Å². The molecule has 6 heteroatoms. The van der Waals surface area contributed by atoms with E-state index in [4.69, 9.17) is 5.53 Å². The maximum Gasteiger partial charge on any atom is 0.306 e. The molecule has 1 aliphatic rings. The molecule has 4 atom stereocenters. The molecule has 0 saturated heterocycles. The molecule has 1 aromatic carbocycles. The molecule has 0 aliphatic heterocycles. The number of carbonyl (C=O) groups is 1. The number of hydrogen-bond donors (Lipinski definition) is 2. The average Bonchev–Trinajstić information content (AvgIpc) is 2.97. The molecule has 1 aliphatic carbocycles. The second kappa shape index (κ2) is 7.11. The Morgan fingerprint density at radius 1 is 1.38 bits per heavy atom. The number of nitrogens with zero attached hydrogens (tertiary/aromatic N) is 3. The monoisotopic (exact) mass is 289 g/mol. The molecule has 0 bridgehead atoms. The maximum absolute atomic E-state index is 11.2. The highest BCUT2D eigenvalue weighted by atomic mass is 16.4. The van der Waals surface area contributed by atoms with Gasteiger partial charge in [-0.1, -0.05) is 41.9 Å². The maximum atomic E-state index is 11.2. The van der Waals surface area contributed by atoms with Crippen molar-refractivity contribution in [3.63, 3.8) is 0 Å². The van der Waals surface area contributed by atoms with Crippen molar-refractivity contribution in [3.8, 4) is 0 Å². The first-order valence-corrected chi connectivity index (χ1v) is 7.12. The summed E-state index contributed by atoms with van der Waals surface area (Å²) in [5.41, 5.74) is 9.67. The van der Waals surface area contributed by atoms with E-state index in [1.165, 1.54) is 0 Å². The summed E-state index contributed by atoms with van der Waals surface area (Å²) >= 11 is 0. The van der Waals surface area contributed by atoms with Crippen LogP contribution in [0.3, 0.4) is 0 Å². The zero-order chi connectivity index (χ0) is 15.2. The molecule has 21 heavy (non-hydrogen) atoms. The number of rotatable bonds is 6. The van der Waals surface area contributed by atoms with Crippen LogP contribution in [0.25, 0.3) is 10.4 Å². The fourth-order valence-corrected chi connectivity index (χ4v) is 3.14. The van der Waals surface area contributed by atoms with Crippen molar-refractivity contribution in [3.05, 3.63) is 46.3 Å². The minimum absolute atomic E-state index is 0.346. The lowest BCUT2D eigenvalue weighted by Crippen LogP contribution is -2.37. The van der Waals surface area contributed by atoms with Crippen molar-refractivity contribution >= 4 is 5.97 Å². The lowest BCUT2D eigenvalue weighted by Gasteiger charge is -2.27. The summed E-state index contributed by atoms with van der Waals surface area (Å²) in [6.45, 7) is 0. The minimum atomic E-state index is -0.926. The van der Waals surface area contributed by atoms with Gasteiger partial charge in [0, 0.05) is 4.91 Å². The Bertz CT molecular complexity index is 528. The molecule has 1 saturated carbocycles. The van der Waals surface area contributed by atoms with Gasteiger partial charge in [-0.3, -0.25) is 4.79 Å². The Kier molecular flexibility index (Phi) is 5.20. The van der Waals surface area contributed by atoms with Gasteiger partial charge in [-0.25, -0.2) is 0 Å². The van der Waals surface area contributed by atoms with Crippen molar-refractivity contribution in [2.75, 3.05) is 0 Å². The molecule has 0 heterocycles. The standard InChI is InChI=1S/C15H19N3O3/c16-18-17-13(9-10-5-2-1-3-6-10)14(19)11-7-4-8-12(11)15(20)21/h1-3,5-6,11-14,19H,4,7-9H2,(H,20,21). The van der Waals surface area contributed by atoms with Gasteiger partial charge in [-0.05, 0) is 36.3 Å². The Morgan fingerprint density at radius 2 is 2.10 bits per heavy atom. The number of aliphatic carboxylic acids is 1. The van der Waals surface area contributed by atoms with Gasteiger partial charge in [0.1, 0.15) is 0 Å². The summed E-state index contributed by atoms with van der Waals surface area (Å²) in [5.74, 6) is -1.77. The van der Waals surface area contributed by atoms with E-state index in [0.29, 0.717) is 19.3 Å². The summed E-state index contributed by atoms with van der Waals surface area (Å²) in [5, 5.41) is 23.4. The van der Waals surface area contributed by atoms with Gasteiger partial charge in [-0.2, -0.15) is 0 Å². The number of hydrogen-bond acceptors (Lipinski definition) is 3. The topological polar surface area (TPSA) is 106 Å². The van der Waals surface area contributed by atoms with Crippen LogP contribution in [0.2, 0.25) is 0 Å². The van der Waals surface area contributed by atoms with E-state index >= 15 is 0 Å². The van der Waals surface area contributed by atoms with E-state index in [1.807, 2.05) is 30.3 Å². The highest BCUT2D eigenvalue weighted by molar-refractivity contribution is 5.70. The van der Waals surface area contributed by atoms with Gasteiger partial charge in [-0.15, -0.1) is 0 Å². The van der Waals surface area contributed by atoms with Gasteiger partial charge < -0.3 is 10.2 Å². The third kappa shape index (κ3) is 3.74. The molecular formula is C15H19N3O3. The Balaban J connectivity index is 2.13. The fraction of sp³-hybridized carbons (Fsp3) is 0.533. The first-order chi connectivity index (χ1) is 10.1. The van der Waals surface area contributed by atoms with Crippen LogP contribution in [0.1, 0.15) is 24.8 Å². The number of azide groups is 1. The van der Waals surface area contributed by atoms with Crippen molar-refractivity contribution in [1.29, 1.82) is 0 Å². The molecule has 0 radical (unpaired) electrons. The predicted molar refractivity (Wildman–Crippen MR) is 77.6 cm³/mol. The molecule has 0 spiro atoms. The third-order valence-corrected chi connectivity index (χ3v) is 4.21. The molecular weight excluding hydrogens is 270 g/mol. The Hall–Kier alpha value is -2.04. The molecule has 6 nitrogen and oxygen atoms in total. The fourth-order valence-electron chi connectivity index (χ4n) is 3.14. The molecule has 112 valence electrons. The van der Waals surface area contributed by atoms with Crippen molar-refractivity contribution in [2.24, 2.45) is 17.0 Å². The quantitative estimate of drug-likeness (QED) is 0.477. The second-order valence-corrected chi connectivity index (χ2v) is 5.49. The predicted octanol–water partition coefficient (Wildman–Crippen LogP) is 2.77. The largest absolute Gasteiger partial charge is 0.481 e. The molecule has 1 fully saturated rings. The van der Waals surface area contributed by atoms with Crippen LogP contribution < -0.4 is 0 Å². The van der Waals surface area contributed by atoms with Crippen molar-refractivity contribution in [2.45, 2.75) is 37.8 Å². The average molecular weight is 289 g/mol. The lowest BCUT2D eigenvalue weighted by molar-refractivity contribution is -0.144. The normalized spacial score (nSPS) is 24.0. The Morgan fingerprint density at radius 3 is 2.71 bits per heavy atom. The summed E-state index contributed by atoms with van der Waals surface area (Å²) in [6, 6.07) is 8.81. The molecule has 4 unspecified atom stereocenters. The van der Waals surface area contributed by atoms with Gasteiger partial charge in [0.2, 0.25) is 0 Å². The number of carboxylic acids is 1. The van der Waals surface area contributed by atoms with Crippen LogP contribution in [0.4, 0.5) is 0 Å². The third-order valence-electron chi connectivity index (χ3n) is 4.21. The van der Waals surface area contributed by atoms with E-state index in [1.54, 1.807) is 0 Å². The summed E-state index contributed by atoms with van der Waals surface area (Å²) in [7, 11) is 0. The van der Waals surface area contributed by atoms with E-state index in [-0.39, 0.29) is 5.92 Å². The zero-order valence-corrected chi connectivity index (χ0v) is 11.7. The highest BCUT2D eigenvalue weighted by Crippen LogP contribution is 2.36. The van der Waals surface area contributed by atoms with Crippen molar-refractivity contribution < 1.29 is 15.0 Å². The zero-order valence-electron chi connectivity index (χ0n) is 11.7. The van der Waals surface area contributed by atoms with Crippen LogP contribution in [0.5, 0.6) is 0 Å². The summed E-state index contributed by atoms with van der Waals surface area (Å²) < 4.78 is 0. The second-order valence-electron chi connectivity index (χ2n) is 5.49. The SMILES string of the molecule is [N-]=[N+]=NC(Cc1ccccc1)C(O)C1CCCC1C(=O)O. The van der Waals surface area contributed by atoms with E-state index in [0.717, 1.165) is 12.0 Å². The lowest BCUT2D eigenvalue weighted by atomic mass is 9.85. The first-order valence-electron chi connectivity index (χ1n) is 7.12. The van der Waals surface area contributed by atoms with Crippen LogP contribution in [-0.2, 0) is 11.2 Å². The van der Waals surface area contributed by atoms with Gasteiger partial charge in [0.15, 0.2) is 0 Å². The molecule has 0 aromatic heterocycles. The van der Waals surface area contributed by atoms with Crippen LogP contribution in [0, 0.1) is 11.8 Å². The van der Waals surface area contributed by atoms with Crippen LogP contribution in [0.15, 0.2) is 35.4 Å². The van der Waals surface area contributed by atoms with Crippen LogP contribution in [-0.4, -0.2) is 28.3 Å². The van der Waals surface area contributed by atoms with Gasteiger partial charge >= 0.3 is 5.97 Å². The molecule has 2 N–H and O–H groups in total. The molecule has 2 rings (SSSR count). The molecule has 0 amide bonds. The van der Waals surface area contributed by atoms with Crippen LogP contribution >= 0.6 is 0 Å². The minimum Gasteiger partial charge on any atom is -0.481 e. The summed E-state index contributed by atoms with van der Waals surface area (Å²) in [4.78, 5) is 14.1. The number of benzene rings is 1. The Labute approximate surface area is 123 Å². The van der Waals surface area contributed by atoms with E-state index in [2.05, 4.69) is 10.0 Å². The first kappa shape index (κ1) is 15.4. The highest BCUT2D eigenvalue weighted by Gasteiger charge is 2.40. The number of aliphatic hydroxyl groups excluding tert-OH is 1.